The van der Waals surface area contributed by atoms with Crippen molar-refractivity contribution in [2.24, 2.45) is 0 Å². The van der Waals surface area contributed by atoms with Gasteiger partial charge in [-0.15, -0.1) is 0 Å². The Hall–Kier alpha value is -3.42. The zero-order chi connectivity index (χ0) is 18.2. The second-order valence-electron chi connectivity index (χ2n) is 5.07. The van der Waals surface area contributed by atoms with Gasteiger partial charge in [0.25, 0.3) is 11.6 Å². The summed E-state index contributed by atoms with van der Waals surface area (Å²) in [5.74, 6) is -0.795. The van der Waals surface area contributed by atoms with Crippen LogP contribution in [0.15, 0.2) is 48.5 Å². The molecule has 0 atom stereocenters. The molecule has 130 valence electrons. The van der Waals surface area contributed by atoms with Gasteiger partial charge < -0.3 is 14.8 Å². The van der Waals surface area contributed by atoms with Gasteiger partial charge in [-0.2, -0.15) is 0 Å². The third-order valence-electron chi connectivity index (χ3n) is 3.15. The minimum Gasteiger partial charge on any atom is -0.482 e. The van der Waals surface area contributed by atoms with E-state index in [0.29, 0.717) is 11.3 Å². The number of rotatable bonds is 7. The summed E-state index contributed by atoms with van der Waals surface area (Å²) in [6.45, 7) is 0.754. The topological polar surface area (TPSA) is 108 Å². The Bertz CT molecular complexity index is 776. The van der Waals surface area contributed by atoms with Crippen molar-refractivity contribution in [3.05, 3.63) is 64.2 Å². The molecule has 2 aromatic carbocycles. The number of aryl methyl sites for hydroxylation is 1. The summed E-state index contributed by atoms with van der Waals surface area (Å²) in [4.78, 5) is 33.6. The number of carbonyl (C=O) groups is 2. The Morgan fingerprint density at radius 3 is 2.52 bits per heavy atom. The standard InChI is InChI=1S/C17H16N2O6/c1-12-7-8-13(9-15(12)19(22)23)18-16(20)10-25-17(21)11-24-14-5-3-2-4-6-14/h2-9H,10-11H2,1H3,(H,18,20). The first-order valence-electron chi connectivity index (χ1n) is 7.34. The lowest BCUT2D eigenvalue weighted by molar-refractivity contribution is -0.385. The molecule has 0 saturated carbocycles. The molecule has 0 bridgehead atoms. The highest BCUT2D eigenvalue weighted by Gasteiger charge is 2.13. The van der Waals surface area contributed by atoms with Crippen LogP contribution in [0.1, 0.15) is 5.56 Å². The molecule has 0 radical (unpaired) electrons. The molecule has 0 aromatic heterocycles. The molecule has 8 heteroatoms. The lowest BCUT2D eigenvalue weighted by Gasteiger charge is -2.08. The number of esters is 1. The Morgan fingerprint density at radius 1 is 1.12 bits per heavy atom. The highest BCUT2D eigenvalue weighted by molar-refractivity contribution is 5.93. The average Bonchev–Trinajstić information content (AvgIpc) is 2.60. The maximum Gasteiger partial charge on any atom is 0.344 e. The van der Waals surface area contributed by atoms with Gasteiger partial charge in [0, 0.05) is 17.3 Å². The van der Waals surface area contributed by atoms with Crippen molar-refractivity contribution in [1.29, 1.82) is 0 Å². The minimum atomic E-state index is -0.700. The van der Waals surface area contributed by atoms with Crippen LogP contribution in [0.4, 0.5) is 11.4 Å². The summed E-state index contributed by atoms with van der Waals surface area (Å²) >= 11 is 0. The van der Waals surface area contributed by atoms with Crippen molar-refractivity contribution in [1.82, 2.24) is 0 Å². The third kappa shape index (κ3) is 5.61. The van der Waals surface area contributed by atoms with Gasteiger partial charge >= 0.3 is 5.97 Å². The molecule has 0 saturated heterocycles. The number of nitrogens with zero attached hydrogens (tertiary/aromatic N) is 1. The molecule has 0 aliphatic carbocycles. The largest absolute Gasteiger partial charge is 0.482 e. The zero-order valence-electron chi connectivity index (χ0n) is 13.4. The van der Waals surface area contributed by atoms with Crippen molar-refractivity contribution in [3.8, 4) is 5.75 Å². The lowest BCUT2D eigenvalue weighted by atomic mass is 10.2. The number of amides is 1. The number of hydrogen-bond donors (Lipinski definition) is 1. The van der Waals surface area contributed by atoms with Crippen LogP contribution >= 0.6 is 0 Å². The second-order valence-corrected chi connectivity index (χ2v) is 5.07. The van der Waals surface area contributed by atoms with Crippen molar-refractivity contribution in [2.45, 2.75) is 6.92 Å². The van der Waals surface area contributed by atoms with Crippen molar-refractivity contribution in [2.75, 3.05) is 18.5 Å². The number of nitro groups is 1. The van der Waals surface area contributed by atoms with E-state index in [1.54, 1.807) is 31.2 Å². The molecule has 1 N–H and O–H groups in total. The Kier molecular flexibility index (Phi) is 6.05. The van der Waals surface area contributed by atoms with Gasteiger partial charge in [-0.3, -0.25) is 14.9 Å². The molecule has 25 heavy (non-hydrogen) atoms. The van der Waals surface area contributed by atoms with Crippen LogP contribution in [0.25, 0.3) is 0 Å². The van der Waals surface area contributed by atoms with Gasteiger partial charge in [-0.1, -0.05) is 24.3 Å². The van der Waals surface area contributed by atoms with Crippen molar-refractivity contribution in [3.63, 3.8) is 0 Å². The molecule has 0 heterocycles. The highest BCUT2D eigenvalue weighted by Crippen LogP contribution is 2.22. The predicted molar refractivity (Wildman–Crippen MR) is 89.4 cm³/mol. The summed E-state index contributed by atoms with van der Waals surface area (Å²) in [5.41, 5.74) is 0.623. The van der Waals surface area contributed by atoms with Crippen LogP contribution in [0.3, 0.4) is 0 Å². The summed E-state index contributed by atoms with van der Waals surface area (Å²) in [7, 11) is 0. The van der Waals surface area contributed by atoms with Crippen molar-refractivity contribution >= 4 is 23.3 Å². The molecule has 0 unspecified atom stereocenters. The SMILES string of the molecule is Cc1ccc(NC(=O)COC(=O)COc2ccccc2)cc1[N+](=O)[O-]. The highest BCUT2D eigenvalue weighted by atomic mass is 16.6. The van der Waals surface area contributed by atoms with Crippen LogP contribution < -0.4 is 10.1 Å². The molecule has 0 spiro atoms. The minimum absolute atomic E-state index is 0.106. The van der Waals surface area contributed by atoms with E-state index in [2.05, 4.69) is 5.32 Å². The fourth-order valence-corrected chi connectivity index (χ4v) is 1.93. The van der Waals surface area contributed by atoms with Gasteiger partial charge in [0.05, 0.1) is 4.92 Å². The third-order valence-corrected chi connectivity index (χ3v) is 3.15. The number of anilines is 1. The molecule has 1 amide bonds. The van der Waals surface area contributed by atoms with E-state index in [1.165, 1.54) is 18.2 Å². The summed E-state index contributed by atoms with van der Waals surface area (Å²) in [6, 6.07) is 13.0. The maximum atomic E-state index is 11.8. The quantitative estimate of drug-likeness (QED) is 0.469. The van der Waals surface area contributed by atoms with E-state index in [0.717, 1.165) is 0 Å². The fourth-order valence-electron chi connectivity index (χ4n) is 1.93. The maximum absolute atomic E-state index is 11.8. The molecule has 8 nitrogen and oxygen atoms in total. The van der Waals surface area contributed by atoms with E-state index >= 15 is 0 Å². The zero-order valence-corrected chi connectivity index (χ0v) is 13.4. The van der Waals surface area contributed by atoms with Crippen molar-refractivity contribution < 1.29 is 24.0 Å². The fraction of sp³-hybridized carbons (Fsp3) is 0.176. The molecule has 2 aromatic rings. The van der Waals surface area contributed by atoms with Crippen LogP contribution in [0.2, 0.25) is 0 Å². The first-order valence-corrected chi connectivity index (χ1v) is 7.34. The van der Waals surface area contributed by atoms with E-state index in [9.17, 15) is 19.7 Å². The van der Waals surface area contributed by atoms with Crippen LogP contribution in [0, 0.1) is 17.0 Å². The normalized spacial score (nSPS) is 9.96. The first-order chi connectivity index (χ1) is 12.0. The molecular weight excluding hydrogens is 328 g/mol. The number of ether oxygens (including phenoxy) is 2. The molecule has 0 fully saturated rings. The van der Waals surface area contributed by atoms with Gasteiger partial charge in [0.15, 0.2) is 13.2 Å². The summed E-state index contributed by atoms with van der Waals surface area (Å²) < 4.78 is 9.98. The van der Waals surface area contributed by atoms with Gasteiger partial charge in [0.1, 0.15) is 5.75 Å². The molecule has 2 rings (SSSR count). The predicted octanol–water partition coefficient (Wildman–Crippen LogP) is 2.46. The molecular formula is C17H16N2O6. The van der Waals surface area contributed by atoms with E-state index in [-0.39, 0.29) is 18.0 Å². The summed E-state index contributed by atoms with van der Waals surface area (Å²) in [5, 5.41) is 13.3. The smallest absolute Gasteiger partial charge is 0.344 e. The lowest BCUT2D eigenvalue weighted by Crippen LogP contribution is -2.23. The van der Waals surface area contributed by atoms with Crippen LogP contribution in [-0.2, 0) is 14.3 Å². The van der Waals surface area contributed by atoms with E-state index < -0.39 is 23.4 Å². The Labute approximate surface area is 143 Å². The van der Waals surface area contributed by atoms with Gasteiger partial charge in [-0.05, 0) is 25.1 Å². The second kappa shape index (κ2) is 8.44. The first kappa shape index (κ1) is 17.9. The number of nitrogens with one attached hydrogen (secondary N) is 1. The van der Waals surface area contributed by atoms with Crippen LogP contribution in [-0.4, -0.2) is 30.0 Å². The number of benzene rings is 2. The van der Waals surface area contributed by atoms with Crippen LogP contribution in [0.5, 0.6) is 5.75 Å². The Morgan fingerprint density at radius 2 is 1.84 bits per heavy atom. The summed E-state index contributed by atoms with van der Waals surface area (Å²) in [6.07, 6.45) is 0. The molecule has 0 aliphatic rings. The van der Waals surface area contributed by atoms with E-state index in [4.69, 9.17) is 9.47 Å². The monoisotopic (exact) mass is 344 g/mol. The number of nitro benzene ring substituents is 1. The van der Waals surface area contributed by atoms with Gasteiger partial charge in [-0.25, -0.2) is 4.79 Å². The molecule has 0 aliphatic heterocycles. The number of para-hydroxylation sites is 1. The number of hydrogen-bond acceptors (Lipinski definition) is 6. The Balaban J connectivity index is 1.79. The average molecular weight is 344 g/mol. The van der Waals surface area contributed by atoms with Gasteiger partial charge in [0.2, 0.25) is 0 Å². The van der Waals surface area contributed by atoms with E-state index in [1.807, 2.05) is 6.07 Å². The number of carbonyl (C=O) groups excluding carboxylic acids is 2.